The van der Waals surface area contributed by atoms with Gasteiger partial charge in [0.2, 0.25) is 6.10 Å². The van der Waals surface area contributed by atoms with E-state index in [2.05, 4.69) is 0 Å². The number of fused-ring (bicyclic) bond motifs is 1. The molecule has 2 aromatic carbocycles. The second kappa shape index (κ2) is 6.82. The van der Waals surface area contributed by atoms with Gasteiger partial charge in [-0.25, -0.2) is 13.2 Å². The molecule has 1 N–H and O–H groups in total. The minimum atomic E-state index is -4.99. The van der Waals surface area contributed by atoms with Gasteiger partial charge < -0.3 is 9.84 Å². The van der Waals surface area contributed by atoms with E-state index >= 15 is 0 Å². The van der Waals surface area contributed by atoms with Crippen molar-refractivity contribution in [3.8, 4) is 16.9 Å². The molecular weight excluding hydrogens is 421 g/mol. The summed E-state index contributed by atoms with van der Waals surface area (Å²) >= 11 is 6.05. The Morgan fingerprint density at radius 1 is 1.18 bits per heavy atom. The summed E-state index contributed by atoms with van der Waals surface area (Å²) in [5.74, 6) is -2.08. The number of carboxylic acids is 1. The summed E-state index contributed by atoms with van der Waals surface area (Å²) < 4.78 is 69.4. The first-order chi connectivity index (χ1) is 12.9. The predicted octanol–water partition coefficient (Wildman–Crippen LogP) is 4.20. The van der Waals surface area contributed by atoms with Crippen LogP contribution in [0, 0.1) is 0 Å². The summed E-state index contributed by atoms with van der Waals surface area (Å²) in [7, 11) is -3.72. The molecule has 10 heteroatoms. The number of hydrogen-bond donors (Lipinski definition) is 1. The molecule has 0 radical (unpaired) electrons. The average Bonchev–Trinajstić information content (AvgIpc) is 2.58. The summed E-state index contributed by atoms with van der Waals surface area (Å²) in [5.41, 5.74) is -0.886. The summed E-state index contributed by atoms with van der Waals surface area (Å²) in [6, 6.07) is 8.22. The molecule has 1 aliphatic heterocycles. The number of alkyl halides is 3. The summed E-state index contributed by atoms with van der Waals surface area (Å²) in [4.78, 5) is 11.2. The first-order valence-corrected chi connectivity index (χ1v) is 9.98. The highest BCUT2D eigenvalue weighted by Gasteiger charge is 2.49. The predicted molar refractivity (Wildman–Crippen MR) is 96.1 cm³/mol. The molecule has 0 fully saturated rings. The van der Waals surface area contributed by atoms with Crippen molar-refractivity contribution >= 4 is 33.5 Å². The lowest BCUT2D eigenvalue weighted by Crippen LogP contribution is -2.40. The molecule has 0 aromatic heterocycles. The smallest absolute Gasteiger partial charge is 0.430 e. The van der Waals surface area contributed by atoms with Crippen LogP contribution in [-0.2, 0) is 14.6 Å². The van der Waals surface area contributed by atoms with Crippen molar-refractivity contribution in [1.29, 1.82) is 0 Å². The van der Waals surface area contributed by atoms with Crippen LogP contribution in [0.5, 0.6) is 5.75 Å². The van der Waals surface area contributed by atoms with Crippen molar-refractivity contribution in [3.05, 3.63) is 52.6 Å². The third kappa shape index (κ3) is 3.72. The minimum absolute atomic E-state index is 0.00343. The van der Waals surface area contributed by atoms with Crippen LogP contribution in [0.15, 0.2) is 46.9 Å². The van der Waals surface area contributed by atoms with Gasteiger partial charge in [-0.15, -0.1) is 0 Å². The molecule has 28 heavy (non-hydrogen) atoms. The lowest BCUT2D eigenvalue weighted by Gasteiger charge is -2.29. The fraction of sp³-hybridized carbons (Fsp3) is 0.167. The van der Waals surface area contributed by atoms with Crippen LogP contribution in [0.25, 0.3) is 17.2 Å². The quantitative estimate of drug-likeness (QED) is 0.786. The van der Waals surface area contributed by atoms with Crippen LogP contribution in [0.4, 0.5) is 13.2 Å². The molecule has 0 amide bonds. The van der Waals surface area contributed by atoms with Gasteiger partial charge in [0.1, 0.15) is 5.75 Å². The van der Waals surface area contributed by atoms with Gasteiger partial charge in [-0.1, -0.05) is 29.8 Å². The zero-order valence-corrected chi connectivity index (χ0v) is 15.7. The Balaban J connectivity index is 2.33. The van der Waals surface area contributed by atoms with Gasteiger partial charge in [-0.2, -0.15) is 13.2 Å². The highest BCUT2D eigenvalue weighted by molar-refractivity contribution is 7.90. The Kier molecular flexibility index (Phi) is 4.93. The van der Waals surface area contributed by atoms with E-state index in [1.807, 2.05) is 0 Å². The van der Waals surface area contributed by atoms with E-state index in [1.165, 1.54) is 36.4 Å². The Hall–Kier alpha value is -2.52. The highest BCUT2D eigenvalue weighted by Crippen LogP contribution is 2.45. The second-order valence-corrected chi connectivity index (χ2v) is 8.50. The number of carbonyl (C=O) groups is 1. The molecule has 1 heterocycles. The van der Waals surface area contributed by atoms with Crippen molar-refractivity contribution in [1.82, 2.24) is 0 Å². The molecule has 0 saturated carbocycles. The van der Waals surface area contributed by atoms with Crippen molar-refractivity contribution in [3.63, 3.8) is 0 Å². The Bertz CT molecular complexity index is 1110. The van der Waals surface area contributed by atoms with Crippen LogP contribution < -0.4 is 4.74 Å². The number of sulfone groups is 1. The fourth-order valence-electron chi connectivity index (χ4n) is 2.91. The number of rotatable bonds is 3. The molecule has 0 aliphatic carbocycles. The zero-order chi connectivity index (χ0) is 20.9. The van der Waals surface area contributed by atoms with Crippen LogP contribution in [-0.4, -0.2) is 38.0 Å². The maximum absolute atomic E-state index is 13.4. The molecule has 1 aliphatic rings. The maximum atomic E-state index is 13.4. The van der Waals surface area contributed by atoms with E-state index in [9.17, 15) is 26.4 Å². The van der Waals surface area contributed by atoms with Crippen molar-refractivity contribution in [2.24, 2.45) is 0 Å². The van der Waals surface area contributed by atoms with Gasteiger partial charge in [0.05, 0.1) is 10.5 Å². The van der Waals surface area contributed by atoms with E-state index in [0.29, 0.717) is 0 Å². The van der Waals surface area contributed by atoms with Gasteiger partial charge in [0.25, 0.3) is 0 Å². The largest absolute Gasteiger partial charge is 0.478 e. The number of hydrogen-bond acceptors (Lipinski definition) is 4. The summed E-state index contributed by atoms with van der Waals surface area (Å²) in [6.45, 7) is 0. The normalized spacial score (nSPS) is 16.8. The van der Waals surface area contributed by atoms with Crippen molar-refractivity contribution < 1.29 is 36.2 Å². The first kappa shape index (κ1) is 20.2. The molecular formula is C18H12ClF3O5S. The number of aliphatic carboxylic acids is 1. The van der Waals surface area contributed by atoms with Gasteiger partial charge in [0, 0.05) is 28.0 Å². The molecule has 148 valence electrons. The SMILES string of the molecule is CS(=O)(=O)c1ccccc1-c1cc(Cl)cc2c1OC(C(F)(F)F)C(C(=O)O)=C2. The lowest BCUT2D eigenvalue weighted by molar-refractivity contribution is -0.187. The fourth-order valence-corrected chi connectivity index (χ4v) is 4.04. The molecule has 0 spiro atoms. The Labute approximate surface area is 162 Å². The van der Waals surface area contributed by atoms with Gasteiger partial charge in [0.15, 0.2) is 9.84 Å². The molecule has 5 nitrogen and oxygen atoms in total. The maximum Gasteiger partial charge on any atom is 0.430 e. The van der Waals surface area contributed by atoms with Gasteiger partial charge >= 0.3 is 12.1 Å². The van der Waals surface area contributed by atoms with Gasteiger partial charge in [-0.05, 0) is 24.3 Å². The number of carboxylic acid groups (broad SMARTS) is 1. The zero-order valence-electron chi connectivity index (χ0n) is 14.1. The lowest BCUT2D eigenvalue weighted by atomic mass is 9.95. The number of ether oxygens (including phenoxy) is 1. The van der Waals surface area contributed by atoms with Crippen molar-refractivity contribution in [2.75, 3.05) is 6.26 Å². The van der Waals surface area contributed by atoms with Crippen LogP contribution in [0.3, 0.4) is 0 Å². The topological polar surface area (TPSA) is 80.7 Å². The summed E-state index contributed by atoms with van der Waals surface area (Å²) in [5, 5.41) is 9.22. The Morgan fingerprint density at radius 3 is 2.39 bits per heavy atom. The minimum Gasteiger partial charge on any atom is -0.478 e. The molecule has 0 saturated heterocycles. The van der Waals surface area contributed by atoms with E-state index in [0.717, 1.165) is 12.3 Å². The third-order valence-electron chi connectivity index (χ3n) is 4.03. The number of benzene rings is 2. The summed E-state index contributed by atoms with van der Waals surface area (Å²) in [6.07, 6.45) is -5.90. The van der Waals surface area contributed by atoms with Gasteiger partial charge in [-0.3, -0.25) is 0 Å². The van der Waals surface area contributed by atoms with Crippen LogP contribution in [0.2, 0.25) is 5.02 Å². The third-order valence-corrected chi connectivity index (χ3v) is 5.41. The molecule has 2 aromatic rings. The standard InChI is InChI=1S/C18H12ClF3O5S/c1-28(25,26)14-5-3-2-4-11(14)12-8-10(19)6-9-7-13(17(23)24)16(18(20,21)22)27-15(9)12/h2-8,16H,1H3,(H,23,24). The molecule has 0 bridgehead atoms. The van der Waals surface area contributed by atoms with Crippen LogP contribution >= 0.6 is 11.6 Å². The van der Waals surface area contributed by atoms with Crippen molar-refractivity contribution in [2.45, 2.75) is 17.2 Å². The van der Waals surface area contributed by atoms with E-state index < -0.39 is 33.7 Å². The van der Waals surface area contributed by atoms with E-state index in [-0.39, 0.29) is 32.4 Å². The monoisotopic (exact) mass is 432 g/mol. The Morgan fingerprint density at radius 2 is 1.82 bits per heavy atom. The van der Waals surface area contributed by atoms with E-state index in [4.69, 9.17) is 21.4 Å². The number of halogens is 4. The average molecular weight is 433 g/mol. The van der Waals surface area contributed by atoms with Crippen LogP contribution in [0.1, 0.15) is 5.56 Å². The first-order valence-electron chi connectivity index (χ1n) is 7.71. The molecule has 1 unspecified atom stereocenters. The highest BCUT2D eigenvalue weighted by atomic mass is 35.5. The molecule has 3 rings (SSSR count). The second-order valence-electron chi connectivity index (χ2n) is 6.08. The van der Waals surface area contributed by atoms with E-state index in [1.54, 1.807) is 0 Å². The molecule has 1 atom stereocenters.